The van der Waals surface area contributed by atoms with E-state index < -0.39 is 6.10 Å². The van der Waals surface area contributed by atoms with E-state index in [4.69, 9.17) is 21.8 Å². The van der Waals surface area contributed by atoms with Crippen LogP contribution in [0.25, 0.3) is 0 Å². The molecule has 0 saturated heterocycles. The van der Waals surface area contributed by atoms with Gasteiger partial charge in [-0.15, -0.1) is 0 Å². The Hall–Kier alpha value is -0.290. The third-order valence-electron chi connectivity index (χ3n) is 1.79. The van der Waals surface area contributed by atoms with Crippen molar-refractivity contribution in [1.29, 1.82) is 0 Å². The molecule has 0 aliphatic heterocycles. The monoisotopic (exact) mass is 250 g/mol. The van der Waals surface area contributed by atoms with Crippen LogP contribution >= 0.6 is 23.4 Å². The third-order valence-corrected chi connectivity index (χ3v) is 3.16. The van der Waals surface area contributed by atoms with Crippen LogP contribution in [-0.2, 0) is 5.75 Å². The molecule has 0 aromatic heterocycles. The average molecular weight is 251 g/mol. The van der Waals surface area contributed by atoms with Crippen molar-refractivity contribution in [2.24, 2.45) is 0 Å². The lowest BCUT2D eigenvalue weighted by atomic mass is 10.2. The van der Waals surface area contributed by atoms with Gasteiger partial charge in [0.25, 0.3) is 0 Å². The van der Waals surface area contributed by atoms with Crippen molar-refractivity contribution in [1.82, 2.24) is 0 Å². The molecule has 0 radical (unpaired) electrons. The summed E-state index contributed by atoms with van der Waals surface area (Å²) in [5.74, 6) is 0.511. The SMILES string of the molecule is OCC(O)CSCc1cc(Cl)ccc1F. The van der Waals surface area contributed by atoms with E-state index in [0.717, 1.165) is 0 Å². The van der Waals surface area contributed by atoms with Gasteiger partial charge in [0.2, 0.25) is 0 Å². The van der Waals surface area contributed by atoms with Gasteiger partial charge < -0.3 is 10.2 Å². The van der Waals surface area contributed by atoms with E-state index in [0.29, 0.717) is 22.1 Å². The first-order valence-corrected chi connectivity index (χ1v) is 5.97. The molecular formula is C10H12ClFO2S. The lowest BCUT2D eigenvalue weighted by Gasteiger charge is -2.07. The Kier molecular flexibility index (Phi) is 5.39. The minimum Gasteiger partial charge on any atom is -0.394 e. The van der Waals surface area contributed by atoms with E-state index in [1.807, 2.05) is 0 Å². The molecule has 5 heteroatoms. The fraction of sp³-hybridized carbons (Fsp3) is 0.400. The number of hydrogen-bond acceptors (Lipinski definition) is 3. The minimum atomic E-state index is -0.753. The summed E-state index contributed by atoms with van der Waals surface area (Å²) < 4.78 is 13.2. The van der Waals surface area contributed by atoms with Crippen LogP contribution in [0.4, 0.5) is 4.39 Å². The largest absolute Gasteiger partial charge is 0.394 e. The van der Waals surface area contributed by atoms with Crippen LogP contribution in [0, 0.1) is 5.82 Å². The summed E-state index contributed by atoms with van der Waals surface area (Å²) in [4.78, 5) is 0. The third kappa shape index (κ3) is 4.38. The molecule has 2 nitrogen and oxygen atoms in total. The Labute approximate surface area is 97.1 Å². The molecule has 0 amide bonds. The van der Waals surface area contributed by atoms with Crippen LogP contribution in [0.3, 0.4) is 0 Å². The molecule has 0 saturated carbocycles. The van der Waals surface area contributed by atoms with Crippen molar-refractivity contribution in [3.63, 3.8) is 0 Å². The molecule has 0 bridgehead atoms. The highest BCUT2D eigenvalue weighted by molar-refractivity contribution is 7.98. The van der Waals surface area contributed by atoms with Crippen LogP contribution in [0.2, 0.25) is 5.02 Å². The number of benzene rings is 1. The first kappa shape index (κ1) is 12.8. The van der Waals surface area contributed by atoms with Crippen LogP contribution < -0.4 is 0 Å². The van der Waals surface area contributed by atoms with Gasteiger partial charge in [0, 0.05) is 16.5 Å². The van der Waals surface area contributed by atoms with Crippen LogP contribution in [0.5, 0.6) is 0 Å². The van der Waals surface area contributed by atoms with E-state index in [1.54, 1.807) is 6.07 Å². The molecular weight excluding hydrogens is 239 g/mol. The number of thioether (sulfide) groups is 1. The van der Waals surface area contributed by atoms with Gasteiger partial charge in [0.05, 0.1) is 12.7 Å². The Morgan fingerprint density at radius 2 is 2.20 bits per heavy atom. The Morgan fingerprint density at radius 3 is 2.87 bits per heavy atom. The molecule has 0 aliphatic rings. The summed E-state index contributed by atoms with van der Waals surface area (Å²) in [6.45, 7) is -0.273. The minimum absolute atomic E-state index is 0.273. The van der Waals surface area contributed by atoms with Crippen molar-refractivity contribution in [3.8, 4) is 0 Å². The van der Waals surface area contributed by atoms with Gasteiger partial charge in [0.1, 0.15) is 5.82 Å². The first-order chi connectivity index (χ1) is 7.13. The van der Waals surface area contributed by atoms with Crippen molar-refractivity contribution in [2.75, 3.05) is 12.4 Å². The van der Waals surface area contributed by atoms with Gasteiger partial charge in [-0.25, -0.2) is 4.39 Å². The molecule has 1 unspecified atom stereocenters. The fourth-order valence-corrected chi connectivity index (χ4v) is 2.14. The molecule has 0 spiro atoms. The lowest BCUT2D eigenvalue weighted by molar-refractivity contribution is 0.113. The van der Waals surface area contributed by atoms with Gasteiger partial charge in [-0.05, 0) is 23.8 Å². The van der Waals surface area contributed by atoms with Crippen LogP contribution in [0.1, 0.15) is 5.56 Å². The zero-order valence-corrected chi connectivity index (χ0v) is 9.56. The topological polar surface area (TPSA) is 40.5 Å². The summed E-state index contributed by atoms with van der Waals surface area (Å²) in [7, 11) is 0. The highest BCUT2D eigenvalue weighted by Crippen LogP contribution is 2.20. The number of rotatable bonds is 5. The maximum absolute atomic E-state index is 13.2. The van der Waals surface area contributed by atoms with Crippen molar-refractivity contribution in [3.05, 3.63) is 34.6 Å². The number of hydrogen-bond donors (Lipinski definition) is 2. The van der Waals surface area contributed by atoms with Gasteiger partial charge in [-0.3, -0.25) is 0 Å². The summed E-state index contributed by atoms with van der Waals surface area (Å²) in [5.41, 5.74) is 0.512. The van der Waals surface area contributed by atoms with E-state index in [2.05, 4.69) is 0 Å². The number of halogens is 2. The molecule has 0 heterocycles. The molecule has 1 aromatic carbocycles. The molecule has 84 valence electrons. The number of aliphatic hydroxyl groups is 2. The number of aliphatic hydroxyl groups excluding tert-OH is 2. The van der Waals surface area contributed by atoms with Crippen LogP contribution in [0.15, 0.2) is 18.2 Å². The van der Waals surface area contributed by atoms with E-state index in [9.17, 15) is 4.39 Å². The molecule has 15 heavy (non-hydrogen) atoms. The summed E-state index contributed by atoms with van der Waals surface area (Å²) in [6, 6.07) is 4.38. The second kappa shape index (κ2) is 6.33. The quantitative estimate of drug-likeness (QED) is 0.841. The van der Waals surface area contributed by atoms with Crippen molar-refractivity contribution in [2.45, 2.75) is 11.9 Å². The predicted octanol–water partition coefficient (Wildman–Crippen LogP) is 2.07. The Bertz CT molecular complexity index is 322. The van der Waals surface area contributed by atoms with Crippen molar-refractivity contribution >= 4 is 23.4 Å². The normalized spacial score (nSPS) is 12.8. The highest BCUT2D eigenvalue weighted by Gasteiger charge is 2.05. The predicted molar refractivity (Wildman–Crippen MR) is 60.7 cm³/mol. The van der Waals surface area contributed by atoms with Gasteiger partial charge in [-0.2, -0.15) is 11.8 Å². The fourth-order valence-electron chi connectivity index (χ4n) is 1.01. The molecule has 1 aromatic rings. The second-order valence-electron chi connectivity index (χ2n) is 3.09. The zero-order chi connectivity index (χ0) is 11.3. The Balaban J connectivity index is 2.46. The Morgan fingerprint density at radius 1 is 1.47 bits per heavy atom. The zero-order valence-electron chi connectivity index (χ0n) is 7.99. The maximum atomic E-state index is 13.2. The summed E-state index contributed by atoms with van der Waals surface area (Å²) in [6.07, 6.45) is -0.753. The van der Waals surface area contributed by atoms with E-state index in [1.165, 1.54) is 23.9 Å². The molecule has 0 aliphatic carbocycles. The van der Waals surface area contributed by atoms with Crippen molar-refractivity contribution < 1.29 is 14.6 Å². The van der Waals surface area contributed by atoms with Gasteiger partial charge in [0.15, 0.2) is 0 Å². The molecule has 2 N–H and O–H groups in total. The summed E-state index contributed by atoms with van der Waals surface area (Å²) >= 11 is 7.07. The molecule has 1 atom stereocenters. The van der Waals surface area contributed by atoms with Gasteiger partial charge >= 0.3 is 0 Å². The van der Waals surface area contributed by atoms with E-state index >= 15 is 0 Å². The van der Waals surface area contributed by atoms with Crippen LogP contribution in [-0.4, -0.2) is 28.7 Å². The second-order valence-corrected chi connectivity index (χ2v) is 4.55. The van der Waals surface area contributed by atoms with E-state index in [-0.39, 0.29) is 12.4 Å². The summed E-state index contributed by atoms with van der Waals surface area (Å²) in [5, 5.41) is 18.1. The maximum Gasteiger partial charge on any atom is 0.127 e. The lowest BCUT2D eigenvalue weighted by Crippen LogP contribution is -2.14. The average Bonchev–Trinajstić information content (AvgIpc) is 2.23. The standard InChI is InChI=1S/C10H12ClFO2S/c11-8-1-2-10(12)7(3-8)5-15-6-9(14)4-13/h1-3,9,13-14H,4-6H2. The smallest absolute Gasteiger partial charge is 0.127 e. The first-order valence-electron chi connectivity index (χ1n) is 4.44. The van der Waals surface area contributed by atoms with Gasteiger partial charge in [-0.1, -0.05) is 11.6 Å². The molecule has 0 fully saturated rings. The highest BCUT2D eigenvalue weighted by atomic mass is 35.5. The molecule has 1 rings (SSSR count).